The summed E-state index contributed by atoms with van der Waals surface area (Å²) >= 11 is 7.60. The molecular weight excluding hydrogens is 308 g/mol. The number of hydrogen-bond acceptors (Lipinski definition) is 5. The van der Waals surface area contributed by atoms with Gasteiger partial charge in [-0.15, -0.1) is 11.3 Å². The van der Waals surface area contributed by atoms with Crippen LogP contribution in [0.1, 0.15) is 52.9 Å². The van der Waals surface area contributed by atoms with E-state index >= 15 is 0 Å². The van der Waals surface area contributed by atoms with Crippen molar-refractivity contribution in [1.82, 2.24) is 20.3 Å². The number of hydrogen-bond donors (Lipinski definition) is 1. The lowest BCUT2D eigenvalue weighted by Gasteiger charge is -2.08. The van der Waals surface area contributed by atoms with Crippen LogP contribution < -0.4 is 5.32 Å². The molecule has 0 spiro atoms. The molecule has 7 heteroatoms. The Morgan fingerprint density at radius 1 is 1.38 bits per heavy atom. The van der Waals surface area contributed by atoms with Crippen LogP contribution in [0.5, 0.6) is 0 Å². The molecule has 0 aliphatic carbocycles. The number of carbonyl (C=O) groups is 1. The van der Waals surface area contributed by atoms with Crippen LogP contribution in [0.2, 0.25) is 5.02 Å². The minimum absolute atomic E-state index is 0.139. The SMILES string of the molecule is CCc1cnc(CNC(=O)c2nc(C(C)C)ncc2Cl)s1. The van der Waals surface area contributed by atoms with E-state index in [0.717, 1.165) is 11.4 Å². The van der Waals surface area contributed by atoms with Crippen LogP contribution in [0.3, 0.4) is 0 Å². The van der Waals surface area contributed by atoms with Gasteiger partial charge in [-0.05, 0) is 6.42 Å². The fourth-order valence-corrected chi connectivity index (χ4v) is 2.63. The van der Waals surface area contributed by atoms with Gasteiger partial charge in [0.1, 0.15) is 16.5 Å². The summed E-state index contributed by atoms with van der Waals surface area (Å²) in [5.41, 5.74) is 0.211. The average molecular weight is 325 g/mol. The molecule has 5 nitrogen and oxygen atoms in total. The van der Waals surface area contributed by atoms with Gasteiger partial charge in [-0.3, -0.25) is 4.79 Å². The highest BCUT2D eigenvalue weighted by molar-refractivity contribution is 7.11. The van der Waals surface area contributed by atoms with Crippen LogP contribution in [0, 0.1) is 0 Å². The van der Waals surface area contributed by atoms with Crippen molar-refractivity contribution in [3.8, 4) is 0 Å². The highest BCUT2D eigenvalue weighted by Crippen LogP contribution is 2.17. The van der Waals surface area contributed by atoms with E-state index in [1.165, 1.54) is 11.1 Å². The van der Waals surface area contributed by atoms with Gasteiger partial charge < -0.3 is 5.32 Å². The van der Waals surface area contributed by atoms with E-state index in [4.69, 9.17) is 11.6 Å². The molecule has 0 fully saturated rings. The van der Waals surface area contributed by atoms with Crippen LogP contribution in [-0.4, -0.2) is 20.9 Å². The Balaban J connectivity index is 2.07. The molecule has 2 aromatic rings. The maximum atomic E-state index is 12.2. The minimum Gasteiger partial charge on any atom is -0.344 e. The predicted molar refractivity (Wildman–Crippen MR) is 83.8 cm³/mol. The van der Waals surface area contributed by atoms with E-state index in [1.807, 2.05) is 20.0 Å². The topological polar surface area (TPSA) is 67.8 Å². The molecule has 1 N–H and O–H groups in total. The molecule has 0 saturated carbocycles. The molecule has 2 rings (SSSR count). The zero-order valence-electron chi connectivity index (χ0n) is 12.2. The Morgan fingerprint density at radius 3 is 2.76 bits per heavy atom. The van der Waals surface area contributed by atoms with Gasteiger partial charge in [-0.25, -0.2) is 15.0 Å². The lowest BCUT2D eigenvalue weighted by molar-refractivity contribution is 0.0945. The van der Waals surface area contributed by atoms with Gasteiger partial charge in [0.05, 0.1) is 17.8 Å². The van der Waals surface area contributed by atoms with Crippen molar-refractivity contribution in [3.63, 3.8) is 0 Å². The maximum absolute atomic E-state index is 12.2. The second-order valence-corrected chi connectivity index (χ2v) is 6.44. The van der Waals surface area contributed by atoms with Crippen LogP contribution in [0.15, 0.2) is 12.4 Å². The van der Waals surface area contributed by atoms with Gasteiger partial charge >= 0.3 is 0 Å². The lowest BCUT2D eigenvalue weighted by Crippen LogP contribution is -2.25. The number of aromatic nitrogens is 3. The number of carbonyl (C=O) groups excluding carboxylic acids is 1. The summed E-state index contributed by atoms with van der Waals surface area (Å²) in [4.78, 5) is 26.0. The number of halogens is 1. The molecule has 0 radical (unpaired) electrons. The number of amides is 1. The van der Waals surface area contributed by atoms with Crippen molar-refractivity contribution in [1.29, 1.82) is 0 Å². The Kier molecular flexibility index (Phi) is 5.25. The van der Waals surface area contributed by atoms with Gasteiger partial charge in [0.15, 0.2) is 0 Å². The van der Waals surface area contributed by atoms with Crippen LogP contribution in [-0.2, 0) is 13.0 Å². The molecule has 2 aromatic heterocycles. The highest BCUT2D eigenvalue weighted by Gasteiger charge is 2.15. The molecule has 0 aliphatic rings. The molecule has 112 valence electrons. The smallest absolute Gasteiger partial charge is 0.271 e. The number of nitrogens with zero attached hydrogens (tertiary/aromatic N) is 3. The van der Waals surface area contributed by atoms with Crippen molar-refractivity contribution in [3.05, 3.63) is 38.8 Å². The minimum atomic E-state index is -0.308. The van der Waals surface area contributed by atoms with Crippen molar-refractivity contribution in [2.24, 2.45) is 0 Å². The Bertz CT molecular complexity index is 642. The number of rotatable bonds is 5. The van der Waals surface area contributed by atoms with Crippen molar-refractivity contribution < 1.29 is 4.79 Å². The van der Waals surface area contributed by atoms with E-state index < -0.39 is 0 Å². The highest BCUT2D eigenvalue weighted by atomic mass is 35.5. The zero-order valence-corrected chi connectivity index (χ0v) is 13.8. The van der Waals surface area contributed by atoms with E-state index in [0.29, 0.717) is 12.4 Å². The summed E-state index contributed by atoms with van der Waals surface area (Å²) in [5.74, 6) is 0.435. The maximum Gasteiger partial charge on any atom is 0.271 e. The predicted octanol–water partition coefficient (Wildman–Crippen LogP) is 3.20. The van der Waals surface area contributed by atoms with E-state index in [-0.39, 0.29) is 22.5 Å². The van der Waals surface area contributed by atoms with Crippen molar-refractivity contribution in [2.45, 2.75) is 39.7 Å². The first kappa shape index (κ1) is 15.9. The summed E-state index contributed by atoms with van der Waals surface area (Å²) in [5, 5.41) is 3.92. The van der Waals surface area contributed by atoms with Gasteiger partial charge in [0.2, 0.25) is 0 Å². The van der Waals surface area contributed by atoms with Crippen LogP contribution >= 0.6 is 22.9 Å². The van der Waals surface area contributed by atoms with E-state index in [9.17, 15) is 4.79 Å². The zero-order chi connectivity index (χ0) is 15.4. The molecule has 0 atom stereocenters. The average Bonchev–Trinajstić information content (AvgIpc) is 2.93. The third-order valence-corrected chi connectivity index (χ3v) is 4.26. The monoisotopic (exact) mass is 324 g/mol. The first-order valence-electron chi connectivity index (χ1n) is 6.75. The molecule has 0 unspecified atom stereocenters. The molecule has 0 aromatic carbocycles. The molecule has 0 aliphatic heterocycles. The first-order chi connectivity index (χ1) is 10.0. The summed E-state index contributed by atoms with van der Waals surface area (Å²) in [6.45, 7) is 6.38. The molecule has 1 amide bonds. The normalized spacial score (nSPS) is 10.9. The Morgan fingerprint density at radius 2 is 2.14 bits per heavy atom. The van der Waals surface area contributed by atoms with Crippen LogP contribution in [0.25, 0.3) is 0 Å². The number of thiazole rings is 1. The largest absolute Gasteiger partial charge is 0.344 e. The quantitative estimate of drug-likeness (QED) is 0.917. The summed E-state index contributed by atoms with van der Waals surface area (Å²) < 4.78 is 0. The Hall–Kier alpha value is -1.53. The van der Waals surface area contributed by atoms with Gasteiger partial charge in [0, 0.05) is 17.0 Å². The van der Waals surface area contributed by atoms with Crippen molar-refractivity contribution in [2.75, 3.05) is 0 Å². The number of nitrogens with one attached hydrogen (secondary N) is 1. The van der Waals surface area contributed by atoms with Gasteiger partial charge in [-0.2, -0.15) is 0 Å². The summed E-state index contributed by atoms with van der Waals surface area (Å²) in [6, 6.07) is 0. The summed E-state index contributed by atoms with van der Waals surface area (Å²) in [7, 11) is 0. The Labute approximate surface area is 132 Å². The first-order valence-corrected chi connectivity index (χ1v) is 7.95. The molecule has 2 heterocycles. The molecule has 21 heavy (non-hydrogen) atoms. The molecular formula is C14H17ClN4OS. The third kappa shape index (κ3) is 3.98. The van der Waals surface area contributed by atoms with Gasteiger partial charge in [0.25, 0.3) is 5.91 Å². The second-order valence-electron chi connectivity index (χ2n) is 4.84. The van der Waals surface area contributed by atoms with Crippen LogP contribution in [0.4, 0.5) is 0 Å². The van der Waals surface area contributed by atoms with E-state index in [1.54, 1.807) is 11.3 Å². The third-order valence-electron chi connectivity index (χ3n) is 2.84. The van der Waals surface area contributed by atoms with E-state index in [2.05, 4.69) is 27.2 Å². The number of aryl methyl sites for hydroxylation is 1. The fourth-order valence-electron chi connectivity index (χ4n) is 1.65. The molecule has 0 saturated heterocycles. The lowest BCUT2D eigenvalue weighted by atomic mass is 10.2. The fraction of sp³-hybridized carbons (Fsp3) is 0.429. The summed E-state index contributed by atoms with van der Waals surface area (Å²) in [6.07, 6.45) is 4.25. The molecule has 0 bridgehead atoms. The van der Waals surface area contributed by atoms with Gasteiger partial charge in [-0.1, -0.05) is 32.4 Å². The standard InChI is InChI=1S/C14H17ClN4OS/c1-4-9-5-16-11(21-9)7-18-14(20)12-10(15)6-17-13(19-12)8(2)3/h5-6,8H,4,7H2,1-3H3,(H,18,20). The van der Waals surface area contributed by atoms with Crippen molar-refractivity contribution >= 4 is 28.8 Å². The second kappa shape index (κ2) is 6.95.